The molecular weight excluding hydrogens is 262 g/mol. The van der Waals surface area contributed by atoms with Crippen LogP contribution in [0.15, 0.2) is 0 Å². The lowest BCUT2D eigenvalue weighted by Gasteiger charge is -2.32. The summed E-state index contributed by atoms with van der Waals surface area (Å²) in [6.07, 6.45) is 5.81. The maximum absolute atomic E-state index is 12.1. The molecular formula is C14H26ClN3O. The van der Waals surface area contributed by atoms with Crippen LogP contribution in [0.5, 0.6) is 0 Å². The number of halogens is 1. The van der Waals surface area contributed by atoms with Gasteiger partial charge in [-0.2, -0.15) is 0 Å². The quantitative estimate of drug-likeness (QED) is 0.841. The van der Waals surface area contributed by atoms with Gasteiger partial charge in [0.1, 0.15) is 0 Å². The predicted octanol–water partition coefficient (Wildman–Crippen LogP) is 1.10. The molecule has 3 rings (SSSR count). The molecule has 0 aromatic rings. The molecule has 0 aromatic heterocycles. The van der Waals surface area contributed by atoms with Crippen molar-refractivity contribution in [3.05, 3.63) is 0 Å². The molecule has 19 heavy (non-hydrogen) atoms. The highest BCUT2D eigenvalue weighted by Gasteiger charge is 2.31. The second-order valence-corrected chi connectivity index (χ2v) is 6.05. The standard InChI is InChI=1S/C14H25N3O.ClH/c18-14(4-3-12-1-2-12)17-8-5-13(11-17)16-9-6-15-7-10-16;/h12-13,15H,1-11H2;1H. The Morgan fingerprint density at radius 3 is 2.53 bits per heavy atom. The normalized spacial score (nSPS) is 28.2. The first-order valence-corrected chi connectivity index (χ1v) is 7.55. The van der Waals surface area contributed by atoms with E-state index in [9.17, 15) is 4.79 Å². The van der Waals surface area contributed by atoms with Crippen LogP contribution >= 0.6 is 12.4 Å². The average molecular weight is 288 g/mol. The molecule has 1 unspecified atom stereocenters. The van der Waals surface area contributed by atoms with Crippen molar-refractivity contribution in [1.82, 2.24) is 15.1 Å². The van der Waals surface area contributed by atoms with Crippen molar-refractivity contribution >= 4 is 18.3 Å². The monoisotopic (exact) mass is 287 g/mol. The lowest BCUT2D eigenvalue weighted by Crippen LogP contribution is -2.49. The highest BCUT2D eigenvalue weighted by Crippen LogP contribution is 2.33. The molecule has 3 aliphatic rings. The minimum absolute atomic E-state index is 0. The van der Waals surface area contributed by atoms with Gasteiger partial charge in [0.2, 0.25) is 5.91 Å². The number of carbonyl (C=O) groups excluding carboxylic acids is 1. The molecule has 2 aliphatic heterocycles. The van der Waals surface area contributed by atoms with Gasteiger partial charge in [0.15, 0.2) is 0 Å². The van der Waals surface area contributed by atoms with E-state index in [1.807, 2.05) is 0 Å². The molecule has 0 aromatic carbocycles. The van der Waals surface area contributed by atoms with Crippen molar-refractivity contribution < 1.29 is 4.79 Å². The number of amides is 1. The second kappa shape index (κ2) is 6.91. The molecule has 1 saturated carbocycles. The van der Waals surface area contributed by atoms with E-state index in [1.54, 1.807) is 0 Å². The zero-order chi connectivity index (χ0) is 12.4. The summed E-state index contributed by atoms with van der Waals surface area (Å²) >= 11 is 0. The van der Waals surface area contributed by atoms with E-state index >= 15 is 0 Å². The van der Waals surface area contributed by atoms with E-state index in [4.69, 9.17) is 0 Å². The number of hydrogen-bond acceptors (Lipinski definition) is 3. The van der Waals surface area contributed by atoms with Crippen molar-refractivity contribution in [2.24, 2.45) is 5.92 Å². The third-order valence-corrected chi connectivity index (χ3v) is 4.65. The summed E-state index contributed by atoms with van der Waals surface area (Å²) in [4.78, 5) is 16.8. The molecule has 2 saturated heterocycles. The molecule has 0 spiro atoms. The van der Waals surface area contributed by atoms with Gasteiger partial charge in [-0.1, -0.05) is 12.8 Å². The van der Waals surface area contributed by atoms with Crippen LogP contribution in [0.3, 0.4) is 0 Å². The SMILES string of the molecule is Cl.O=C(CCC1CC1)N1CCC(N2CCNCC2)C1. The van der Waals surface area contributed by atoms with Crippen molar-refractivity contribution in [1.29, 1.82) is 0 Å². The Balaban J connectivity index is 0.00000133. The second-order valence-electron chi connectivity index (χ2n) is 6.05. The van der Waals surface area contributed by atoms with Crippen molar-refractivity contribution in [3.63, 3.8) is 0 Å². The number of carbonyl (C=O) groups is 1. The molecule has 1 amide bonds. The number of likely N-dealkylation sites (tertiary alicyclic amines) is 1. The highest BCUT2D eigenvalue weighted by molar-refractivity contribution is 5.85. The summed E-state index contributed by atoms with van der Waals surface area (Å²) in [7, 11) is 0. The third kappa shape index (κ3) is 4.07. The Morgan fingerprint density at radius 1 is 1.11 bits per heavy atom. The van der Waals surface area contributed by atoms with E-state index in [-0.39, 0.29) is 12.4 Å². The summed E-state index contributed by atoms with van der Waals surface area (Å²) in [5, 5.41) is 3.39. The van der Waals surface area contributed by atoms with Gasteiger partial charge in [0.25, 0.3) is 0 Å². The van der Waals surface area contributed by atoms with Gasteiger partial charge in [-0.05, 0) is 18.8 Å². The largest absolute Gasteiger partial charge is 0.341 e. The van der Waals surface area contributed by atoms with E-state index < -0.39 is 0 Å². The molecule has 1 N–H and O–H groups in total. The van der Waals surface area contributed by atoms with Crippen molar-refractivity contribution in [2.45, 2.75) is 38.1 Å². The Labute approximate surface area is 122 Å². The summed E-state index contributed by atoms with van der Waals surface area (Å²) in [5.74, 6) is 1.28. The highest BCUT2D eigenvalue weighted by atomic mass is 35.5. The molecule has 1 atom stereocenters. The topological polar surface area (TPSA) is 35.6 Å². The summed E-state index contributed by atoms with van der Waals surface area (Å²) in [6, 6.07) is 0.622. The van der Waals surface area contributed by atoms with Crippen LogP contribution < -0.4 is 5.32 Å². The van der Waals surface area contributed by atoms with Crippen LogP contribution in [0.1, 0.15) is 32.1 Å². The number of nitrogens with one attached hydrogen (secondary N) is 1. The lowest BCUT2D eigenvalue weighted by molar-refractivity contribution is -0.130. The van der Waals surface area contributed by atoms with Crippen LogP contribution in [0.2, 0.25) is 0 Å². The van der Waals surface area contributed by atoms with Gasteiger partial charge >= 0.3 is 0 Å². The minimum Gasteiger partial charge on any atom is -0.341 e. The molecule has 1 aliphatic carbocycles. The third-order valence-electron chi connectivity index (χ3n) is 4.65. The maximum atomic E-state index is 12.1. The first-order valence-electron chi connectivity index (χ1n) is 7.55. The average Bonchev–Trinajstić information content (AvgIpc) is 3.11. The van der Waals surface area contributed by atoms with Crippen LogP contribution in [0.25, 0.3) is 0 Å². The van der Waals surface area contributed by atoms with Gasteiger partial charge in [-0.15, -0.1) is 12.4 Å². The van der Waals surface area contributed by atoms with Crippen LogP contribution in [0.4, 0.5) is 0 Å². The molecule has 0 bridgehead atoms. The molecule has 2 heterocycles. The number of piperazine rings is 1. The smallest absolute Gasteiger partial charge is 0.222 e. The molecule has 4 nitrogen and oxygen atoms in total. The number of rotatable bonds is 4. The summed E-state index contributed by atoms with van der Waals surface area (Å²) in [6.45, 7) is 6.46. The molecule has 3 fully saturated rings. The molecule has 0 radical (unpaired) electrons. The maximum Gasteiger partial charge on any atom is 0.222 e. The van der Waals surface area contributed by atoms with Crippen LogP contribution in [0, 0.1) is 5.92 Å². The van der Waals surface area contributed by atoms with E-state index in [1.165, 1.54) is 19.3 Å². The predicted molar refractivity (Wildman–Crippen MR) is 78.6 cm³/mol. The Hall–Kier alpha value is -0.320. The first-order chi connectivity index (χ1) is 8.83. The van der Waals surface area contributed by atoms with Gasteiger partial charge in [-0.25, -0.2) is 0 Å². The Morgan fingerprint density at radius 2 is 1.84 bits per heavy atom. The van der Waals surface area contributed by atoms with E-state index in [2.05, 4.69) is 15.1 Å². The minimum atomic E-state index is 0. The fourth-order valence-corrected chi connectivity index (χ4v) is 3.21. The van der Waals surface area contributed by atoms with Gasteiger partial charge in [0.05, 0.1) is 0 Å². The fraction of sp³-hybridized carbons (Fsp3) is 0.929. The van der Waals surface area contributed by atoms with Crippen molar-refractivity contribution in [2.75, 3.05) is 39.3 Å². The van der Waals surface area contributed by atoms with Crippen LogP contribution in [-0.4, -0.2) is 61.0 Å². The molecule has 110 valence electrons. The Kier molecular flexibility index (Phi) is 5.48. The molecule has 5 heteroatoms. The van der Waals surface area contributed by atoms with Gasteiger partial charge in [0, 0.05) is 51.7 Å². The zero-order valence-corrected chi connectivity index (χ0v) is 12.5. The number of nitrogens with zero attached hydrogens (tertiary/aromatic N) is 2. The van der Waals surface area contributed by atoms with Gasteiger partial charge in [-0.3, -0.25) is 9.69 Å². The zero-order valence-electron chi connectivity index (χ0n) is 11.6. The first kappa shape index (κ1) is 15.1. The van der Waals surface area contributed by atoms with E-state index in [0.29, 0.717) is 11.9 Å². The lowest BCUT2D eigenvalue weighted by atomic mass is 10.2. The number of hydrogen-bond donors (Lipinski definition) is 1. The van der Waals surface area contributed by atoms with E-state index in [0.717, 1.165) is 58.0 Å². The fourth-order valence-electron chi connectivity index (χ4n) is 3.21. The summed E-state index contributed by atoms with van der Waals surface area (Å²) in [5.41, 5.74) is 0. The van der Waals surface area contributed by atoms with Crippen LogP contribution in [-0.2, 0) is 4.79 Å². The Bertz CT molecular complexity index is 303. The van der Waals surface area contributed by atoms with Gasteiger partial charge < -0.3 is 10.2 Å². The van der Waals surface area contributed by atoms with Crippen molar-refractivity contribution in [3.8, 4) is 0 Å². The summed E-state index contributed by atoms with van der Waals surface area (Å²) < 4.78 is 0.